The van der Waals surface area contributed by atoms with Crippen LogP contribution in [0.25, 0.3) is 5.69 Å². The van der Waals surface area contributed by atoms with Gasteiger partial charge in [0.15, 0.2) is 5.69 Å². The highest BCUT2D eigenvalue weighted by Gasteiger charge is 2.30. The summed E-state index contributed by atoms with van der Waals surface area (Å²) in [6.07, 6.45) is -1.21. The molecule has 0 bridgehead atoms. The van der Waals surface area contributed by atoms with Gasteiger partial charge in [-0.25, -0.2) is 4.68 Å². The monoisotopic (exact) mass is 352 g/mol. The maximum Gasteiger partial charge on any atom is 0.416 e. The Morgan fingerprint density at radius 2 is 1.96 bits per heavy atom. The lowest BCUT2D eigenvalue weighted by molar-refractivity contribution is -0.137. The first-order valence-corrected chi connectivity index (χ1v) is 8.11. The Bertz CT molecular complexity index is 748. The van der Waals surface area contributed by atoms with E-state index in [9.17, 15) is 18.0 Å². The summed E-state index contributed by atoms with van der Waals surface area (Å²) in [6.45, 7) is 1.86. The minimum Gasteiger partial charge on any atom is -0.337 e. The zero-order valence-corrected chi connectivity index (χ0v) is 13.5. The van der Waals surface area contributed by atoms with E-state index in [2.05, 4.69) is 5.10 Å². The maximum atomic E-state index is 12.8. The van der Waals surface area contributed by atoms with Crippen LogP contribution in [-0.2, 0) is 6.18 Å². The van der Waals surface area contributed by atoms with E-state index in [1.54, 1.807) is 4.90 Å². The second kappa shape index (κ2) is 6.87. The summed E-state index contributed by atoms with van der Waals surface area (Å²) in [5, 5.41) is 4.15. The number of nitrogens with zero attached hydrogens (tertiary/aromatic N) is 3. The van der Waals surface area contributed by atoms with Crippen molar-refractivity contribution in [2.75, 3.05) is 19.6 Å². The molecule has 1 amide bonds. The van der Waals surface area contributed by atoms with Crippen molar-refractivity contribution < 1.29 is 18.0 Å². The van der Waals surface area contributed by atoms with Gasteiger partial charge < -0.3 is 10.6 Å². The number of halogens is 3. The summed E-state index contributed by atoms with van der Waals surface area (Å²) < 4.78 is 39.8. The van der Waals surface area contributed by atoms with Gasteiger partial charge in [0.25, 0.3) is 5.91 Å². The smallest absolute Gasteiger partial charge is 0.337 e. The molecule has 0 unspecified atom stereocenters. The van der Waals surface area contributed by atoms with E-state index in [1.165, 1.54) is 29.1 Å². The molecule has 1 aliphatic rings. The van der Waals surface area contributed by atoms with Gasteiger partial charge in [-0.3, -0.25) is 4.79 Å². The average molecular weight is 352 g/mol. The zero-order valence-electron chi connectivity index (χ0n) is 13.5. The summed E-state index contributed by atoms with van der Waals surface area (Å²) in [7, 11) is 0. The minimum atomic E-state index is -4.42. The molecule has 0 saturated carbocycles. The number of rotatable bonds is 3. The predicted molar refractivity (Wildman–Crippen MR) is 86.2 cm³/mol. The van der Waals surface area contributed by atoms with Crippen LogP contribution in [0.1, 0.15) is 28.9 Å². The molecule has 134 valence electrons. The molecular formula is C17H19F3N4O. The number of likely N-dealkylation sites (tertiary alicyclic amines) is 1. The van der Waals surface area contributed by atoms with E-state index in [-0.39, 0.29) is 17.3 Å². The van der Waals surface area contributed by atoms with Crippen LogP contribution in [0.15, 0.2) is 36.5 Å². The Kier molecular flexibility index (Phi) is 4.80. The normalized spacial score (nSPS) is 16.2. The van der Waals surface area contributed by atoms with Gasteiger partial charge in [-0.15, -0.1) is 0 Å². The van der Waals surface area contributed by atoms with Gasteiger partial charge in [0, 0.05) is 19.3 Å². The summed E-state index contributed by atoms with van der Waals surface area (Å²) in [4.78, 5) is 14.2. The largest absolute Gasteiger partial charge is 0.416 e. The molecule has 0 atom stereocenters. The van der Waals surface area contributed by atoms with Gasteiger partial charge in [-0.05, 0) is 49.6 Å². The second-order valence-electron chi connectivity index (χ2n) is 6.16. The third-order valence-electron chi connectivity index (χ3n) is 4.48. The van der Waals surface area contributed by atoms with Gasteiger partial charge >= 0.3 is 6.18 Å². The van der Waals surface area contributed by atoms with Crippen LogP contribution < -0.4 is 5.73 Å². The molecule has 8 heteroatoms. The van der Waals surface area contributed by atoms with Crippen molar-refractivity contribution in [1.29, 1.82) is 0 Å². The number of piperidine rings is 1. The highest BCUT2D eigenvalue weighted by molar-refractivity contribution is 5.92. The highest BCUT2D eigenvalue weighted by atomic mass is 19.4. The van der Waals surface area contributed by atoms with Crippen molar-refractivity contribution in [3.05, 3.63) is 47.8 Å². The van der Waals surface area contributed by atoms with Crippen LogP contribution >= 0.6 is 0 Å². The Morgan fingerprint density at radius 1 is 1.24 bits per heavy atom. The zero-order chi connectivity index (χ0) is 18.0. The fraction of sp³-hybridized carbons (Fsp3) is 0.412. The van der Waals surface area contributed by atoms with Gasteiger partial charge in [-0.2, -0.15) is 18.3 Å². The average Bonchev–Trinajstić information content (AvgIpc) is 3.11. The molecule has 1 aliphatic heterocycles. The minimum absolute atomic E-state index is 0.207. The number of hydrogen-bond acceptors (Lipinski definition) is 3. The van der Waals surface area contributed by atoms with Crippen LogP contribution in [0.5, 0.6) is 0 Å². The third kappa shape index (κ3) is 3.84. The molecule has 5 nitrogen and oxygen atoms in total. The number of benzene rings is 1. The molecule has 1 fully saturated rings. The Labute approximate surface area is 143 Å². The number of carbonyl (C=O) groups is 1. The molecule has 1 aromatic heterocycles. The first kappa shape index (κ1) is 17.5. The maximum absolute atomic E-state index is 12.8. The number of carbonyl (C=O) groups excluding carboxylic acids is 1. The van der Waals surface area contributed by atoms with Crippen molar-refractivity contribution in [1.82, 2.24) is 14.7 Å². The summed E-state index contributed by atoms with van der Waals surface area (Å²) in [5.74, 6) is 0.230. The van der Waals surface area contributed by atoms with Crippen molar-refractivity contribution in [2.45, 2.75) is 19.0 Å². The van der Waals surface area contributed by atoms with Crippen molar-refractivity contribution >= 4 is 5.91 Å². The molecule has 2 aromatic rings. The molecule has 2 heterocycles. The number of nitrogens with two attached hydrogens (primary N) is 1. The lowest BCUT2D eigenvalue weighted by Crippen LogP contribution is -2.40. The Hall–Kier alpha value is -2.35. The number of amides is 1. The SMILES string of the molecule is NCC1CCN(C(=O)c2ccn(-c3cccc(C(F)(F)F)c3)n2)CC1. The molecule has 0 spiro atoms. The van der Waals surface area contributed by atoms with E-state index in [0.717, 1.165) is 25.0 Å². The number of hydrogen-bond donors (Lipinski definition) is 1. The first-order chi connectivity index (χ1) is 11.9. The van der Waals surface area contributed by atoms with Crippen molar-refractivity contribution in [3.8, 4) is 5.69 Å². The standard InChI is InChI=1S/C17H19F3N4O/c18-17(19,20)13-2-1-3-14(10-13)24-9-6-15(22-24)16(25)23-7-4-12(11-21)5-8-23/h1-3,6,9-10,12H,4-5,7-8,11,21H2. The van der Waals surface area contributed by atoms with Gasteiger partial charge in [0.2, 0.25) is 0 Å². The van der Waals surface area contributed by atoms with Crippen LogP contribution in [0.4, 0.5) is 13.2 Å². The summed E-state index contributed by atoms with van der Waals surface area (Å²) in [5.41, 5.74) is 5.38. The van der Waals surface area contributed by atoms with Gasteiger partial charge in [0.05, 0.1) is 11.3 Å². The van der Waals surface area contributed by atoms with Crippen LogP contribution in [-0.4, -0.2) is 40.2 Å². The van der Waals surface area contributed by atoms with Gasteiger partial charge in [0.1, 0.15) is 0 Å². The van der Waals surface area contributed by atoms with Crippen LogP contribution in [0.2, 0.25) is 0 Å². The van der Waals surface area contributed by atoms with Crippen LogP contribution in [0.3, 0.4) is 0 Å². The molecule has 1 saturated heterocycles. The highest BCUT2D eigenvalue weighted by Crippen LogP contribution is 2.30. The molecule has 25 heavy (non-hydrogen) atoms. The van der Waals surface area contributed by atoms with E-state index in [0.29, 0.717) is 25.6 Å². The third-order valence-corrected chi connectivity index (χ3v) is 4.48. The van der Waals surface area contributed by atoms with Crippen molar-refractivity contribution in [2.24, 2.45) is 11.7 Å². The first-order valence-electron chi connectivity index (χ1n) is 8.11. The summed E-state index contributed by atoms with van der Waals surface area (Å²) >= 11 is 0. The molecular weight excluding hydrogens is 333 g/mol. The molecule has 0 radical (unpaired) electrons. The fourth-order valence-electron chi connectivity index (χ4n) is 2.94. The molecule has 1 aromatic carbocycles. The lowest BCUT2D eigenvalue weighted by Gasteiger charge is -2.30. The molecule has 2 N–H and O–H groups in total. The number of alkyl halides is 3. The predicted octanol–water partition coefficient (Wildman–Crippen LogP) is 2.70. The Morgan fingerprint density at radius 3 is 2.60 bits per heavy atom. The quantitative estimate of drug-likeness (QED) is 0.924. The topological polar surface area (TPSA) is 64.2 Å². The van der Waals surface area contributed by atoms with E-state index in [1.807, 2.05) is 0 Å². The fourth-order valence-corrected chi connectivity index (χ4v) is 2.94. The van der Waals surface area contributed by atoms with E-state index >= 15 is 0 Å². The summed E-state index contributed by atoms with van der Waals surface area (Å²) in [6, 6.07) is 6.37. The van der Waals surface area contributed by atoms with E-state index < -0.39 is 11.7 Å². The Balaban J connectivity index is 1.76. The van der Waals surface area contributed by atoms with E-state index in [4.69, 9.17) is 5.73 Å². The van der Waals surface area contributed by atoms with Gasteiger partial charge in [-0.1, -0.05) is 6.07 Å². The van der Waals surface area contributed by atoms with Crippen molar-refractivity contribution in [3.63, 3.8) is 0 Å². The second-order valence-corrected chi connectivity index (χ2v) is 6.16. The lowest BCUT2D eigenvalue weighted by atomic mass is 9.97. The molecule has 3 rings (SSSR count). The number of aromatic nitrogens is 2. The van der Waals surface area contributed by atoms with Crippen LogP contribution in [0, 0.1) is 5.92 Å². The molecule has 0 aliphatic carbocycles.